The first kappa shape index (κ1) is 18.3. The Morgan fingerprint density at radius 2 is 1.79 bits per heavy atom. The standard InChI is InChI=1S/C15H22N2O6S/c1-21-12-6-11(7-13(22-2)14(12)23-3)15(18)17-5-4-10(8-17)9-24(16,19)20/h6-7,10H,4-5,8-9H2,1-3H3,(H2,16,19,20)/t10-/m1/s1. The predicted molar refractivity (Wildman–Crippen MR) is 88.1 cm³/mol. The highest BCUT2D eigenvalue weighted by atomic mass is 32.2. The van der Waals surface area contributed by atoms with Crippen LogP contribution in [0.15, 0.2) is 12.1 Å². The van der Waals surface area contributed by atoms with E-state index in [2.05, 4.69) is 0 Å². The van der Waals surface area contributed by atoms with E-state index in [-0.39, 0.29) is 17.6 Å². The first-order valence-corrected chi connectivity index (χ1v) is 9.10. The number of amides is 1. The van der Waals surface area contributed by atoms with Gasteiger partial charge in [-0.1, -0.05) is 0 Å². The number of nitrogens with zero attached hydrogens (tertiary/aromatic N) is 1. The number of likely N-dealkylation sites (tertiary alicyclic amines) is 1. The highest BCUT2D eigenvalue weighted by molar-refractivity contribution is 7.89. The second-order valence-corrected chi connectivity index (χ2v) is 7.31. The number of hydrogen-bond donors (Lipinski definition) is 1. The number of hydrogen-bond acceptors (Lipinski definition) is 6. The van der Waals surface area contributed by atoms with E-state index in [0.717, 1.165) is 0 Å². The van der Waals surface area contributed by atoms with Gasteiger partial charge in [-0.3, -0.25) is 4.79 Å². The summed E-state index contributed by atoms with van der Waals surface area (Å²) in [5, 5.41) is 5.08. The molecule has 1 atom stereocenters. The fourth-order valence-electron chi connectivity index (χ4n) is 2.87. The van der Waals surface area contributed by atoms with Crippen molar-refractivity contribution in [3.63, 3.8) is 0 Å². The maximum atomic E-state index is 12.7. The highest BCUT2D eigenvalue weighted by Crippen LogP contribution is 2.38. The number of carbonyl (C=O) groups is 1. The van der Waals surface area contributed by atoms with Gasteiger partial charge in [-0.05, 0) is 24.5 Å². The number of methoxy groups -OCH3 is 3. The van der Waals surface area contributed by atoms with Crippen molar-refractivity contribution in [2.45, 2.75) is 6.42 Å². The number of primary sulfonamides is 1. The van der Waals surface area contributed by atoms with Gasteiger partial charge < -0.3 is 19.1 Å². The molecule has 1 saturated heterocycles. The summed E-state index contributed by atoms with van der Waals surface area (Å²) in [6.45, 7) is 0.835. The molecule has 0 unspecified atom stereocenters. The number of benzene rings is 1. The third-order valence-corrected chi connectivity index (χ3v) is 4.89. The highest BCUT2D eigenvalue weighted by Gasteiger charge is 2.30. The zero-order valence-corrected chi connectivity index (χ0v) is 14.8. The van der Waals surface area contributed by atoms with Crippen molar-refractivity contribution < 1.29 is 27.4 Å². The molecule has 1 aliphatic rings. The third-order valence-electron chi connectivity index (χ3n) is 3.95. The number of rotatable bonds is 6. The molecular formula is C15H22N2O6S. The molecule has 0 radical (unpaired) electrons. The lowest BCUT2D eigenvalue weighted by Gasteiger charge is -2.19. The van der Waals surface area contributed by atoms with Gasteiger partial charge in [-0.2, -0.15) is 0 Å². The van der Waals surface area contributed by atoms with Crippen LogP contribution in [0.25, 0.3) is 0 Å². The second-order valence-electron chi connectivity index (χ2n) is 5.65. The quantitative estimate of drug-likeness (QED) is 0.792. The number of sulfonamides is 1. The van der Waals surface area contributed by atoms with E-state index in [1.807, 2.05) is 0 Å². The molecule has 9 heteroatoms. The van der Waals surface area contributed by atoms with Gasteiger partial charge in [0.15, 0.2) is 11.5 Å². The Hall–Kier alpha value is -2.00. The molecule has 8 nitrogen and oxygen atoms in total. The molecule has 2 N–H and O–H groups in total. The molecule has 1 aromatic rings. The topological polar surface area (TPSA) is 108 Å². The lowest BCUT2D eigenvalue weighted by molar-refractivity contribution is 0.0787. The Kier molecular flexibility index (Phi) is 5.55. The number of nitrogens with two attached hydrogens (primary N) is 1. The van der Waals surface area contributed by atoms with E-state index in [9.17, 15) is 13.2 Å². The lowest BCUT2D eigenvalue weighted by Crippen LogP contribution is -2.30. The predicted octanol–water partition coefficient (Wildman–Crippen LogP) is 0.463. The van der Waals surface area contributed by atoms with Gasteiger partial charge in [0.1, 0.15) is 0 Å². The molecule has 0 spiro atoms. The molecule has 1 fully saturated rings. The van der Waals surface area contributed by atoms with E-state index >= 15 is 0 Å². The Labute approximate surface area is 141 Å². The minimum atomic E-state index is -3.55. The van der Waals surface area contributed by atoms with Gasteiger partial charge in [0.05, 0.1) is 27.1 Å². The summed E-state index contributed by atoms with van der Waals surface area (Å²) in [6, 6.07) is 3.16. The van der Waals surface area contributed by atoms with Crippen LogP contribution in [0.2, 0.25) is 0 Å². The first-order valence-electron chi connectivity index (χ1n) is 7.38. The van der Waals surface area contributed by atoms with Crippen LogP contribution in [-0.2, 0) is 10.0 Å². The zero-order chi connectivity index (χ0) is 17.9. The molecule has 24 heavy (non-hydrogen) atoms. The number of ether oxygens (including phenoxy) is 3. The van der Waals surface area contributed by atoms with Crippen LogP contribution in [0.3, 0.4) is 0 Å². The molecule has 0 aromatic heterocycles. The Balaban J connectivity index is 2.21. The molecule has 1 aromatic carbocycles. The van der Waals surface area contributed by atoms with Gasteiger partial charge >= 0.3 is 0 Å². The molecule has 0 saturated carbocycles. The summed E-state index contributed by atoms with van der Waals surface area (Å²) in [7, 11) is 0.892. The van der Waals surface area contributed by atoms with E-state index in [1.54, 1.807) is 17.0 Å². The molecule has 1 aliphatic heterocycles. The van der Waals surface area contributed by atoms with Crippen molar-refractivity contribution in [2.75, 3.05) is 40.2 Å². The molecule has 0 aliphatic carbocycles. The summed E-state index contributed by atoms with van der Waals surface area (Å²) < 4.78 is 38.1. The van der Waals surface area contributed by atoms with Crippen molar-refractivity contribution in [2.24, 2.45) is 11.1 Å². The van der Waals surface area contributed by atoms with Crippen molar-refractivity contribution in [3.8, 4) is 17.2 Å². The Morgan fingerprint density at radius 1 is 1.21 bits per heavy atom. The monoisotopic (exact) mass is 358 g/mol. The summed E-state index contributed by atoms with van der Waals surface area (Å²) in [5.41, 5.74) is 0.390. The minimum absolute atomic E-state index is 0.119. The van der Waals surface area contributed by atoms with Crippen LogP contribution in [0, 0.1) is 5.92 Å². The van der Waals surface area contributed by atoms with Crippen LogP contribution >= 0.6 is 0 Å². The SMILES string of the molecule is COc1cc(C(=O)N2CC[C@@H](CS(N)(=O)=O)C2)cc(OC)c1OC. The fourth-order valence-corrected chi connectivity index (χ4v) is 3.80. The summed E-state index contributed by atoms with van der Waals surface area (Å²) in [5.74, 6) is 0.703. The van der Waals surface area contributed by atoms with Crippen LogP contribution in [-0.4, -0.2) is 59.4 Å². The summed E-state index contributed by atoms with van der Waals surface area (Å²) in [4.78, 5) is 14.3. The van der Waals surface area contributed by atoms with Crippen LogP contribution < -0.4 is 19.3 Å². The third kappa shape index (κ3) is 4.09. The molecular weight excluding hydrogens is 336 g/mol. The molecule has 2 rings (SSSR count). The summed E-state index contributed by atoms with van der Waals surface area (Å²) in [6.07, 6.45) is 0.604. The van der Waals surface area contributed by atoms with Crippen LogP contribution in [0.1, 0.15) is 16.8 Å². The van der Waals surface area contributed by atoms with Crippen molar-refractivity contribution in [1.29, 1.82) is 0 Å². The van der Waals surface area contributed by atoms with Gasteiger partial charge in [-0.25, -0.2) is 13.6 Å². The largest absolute Gasteiger partial charge is 0.493 e. The molecule has 1 heterocycles. The molecule has 0 bridgehead atoms. The first-order chi connectivity index (χ1) is 11.3. The summed E-state index contributed by atoms with van der Waals surface area (Å²) >= 11 is 0. The smallest absolute Gasteiger partial charge is 0.254 e. The van der Waals surface area contributed by atoms with E-state index in [1.165, 1.54) is 21.3 Å². The van der Waals surface area contributed by atoms with Crippen molar-refractivity contribution in [1.82, 2.24) is 4.90 Å². The zero-order valence-electron chi connectivity index (χ0n) is 13.9. The van der Waals surface area contributed by atoms with E-state index in [0.29, 0.717) is 42.3 Å². The Bertz CT molecular complexity index is 694. The van der Waals surface area contributed by atoms with E-state index < -0.39 is 10.0 Å². The maximum Gasteiger partial charge on any atom is 0.254 e. The van der Waals surface area contributed by atoms with Crippen molar-refractivity contribution in [3.05, 3.63) is 17.7 Å². The van der Waals surface area contributed by atoms with Crippen molar-refractivity contribution >= 4 is 15.9 Å². The average Bonchev–Trinajstić information content (AvgIpc) is 2.98. The van der Waals surface area contributed by atoms with Crippen LogP contribution in [0.4, 0.5) is 0 Å². The van der Waals surface area contributed by atoms with E-state index in [4.69, 9.17) is 19.3 Å². The maximum absolute atomic E-state index is 12.7. The van der Waals surface area contributed by atoms with Gasteiger partial charge in [-0.15, -0.1) is 0 Å². The fraction of sp³-hybridized carbons (Fsp3) is 0.533. The Morgan fingerprint density at radius 3 is 2.25 bits per heavy atom. The average molecular weight is 358 g/mol. The van der Waals surface area contributed by atoms with Gasteiger partial charge in [0.25, 0.3) is 5.91 Å². The van der Waals surface area contributed by atoms with Gasteiger partial charge in [0, 0.05) is 18.7 Å². The normalized spacial score (nSPS) is 17.7. The molecule has 134 valence electrons. The second kappa shape index (κ2) is 7.27. The number of carbonyl (C=O) groups excluding carboxylic acids is 1. The lowest BCUT2D eigenvalue weighted by atomic mass is 10.1. The molecule has 1 amide bonds. The minimum Gasteiger partial charge on any atom is -0.493 e. The van der Waals surface area contributed by atoms with Crippen LogP contribution in [0.5, 0.6) is 17.2 Å². The van der Waals surface area contributed by atoms with Gasteiger partial charge in [0.2, 0.25) is 15.8 Å².